The molecule has 0 bridgehead atoms. The van der Waals surface area contributed by atoms with E-state index in [9.17, 15) is 9.90 Å². The van der Waals surface area contributed by atoms with E-state index in [-0.39, 0.29) is 11.4 Å². The number of carbonyl (C=O) groups is 1. The van der Waals surface area contributed by atoms with Crippen LogP contribution in [0.4, 0.5) is 14.6 Å². The van der Waals surface area contributed by atoms with Gasteiger partial charge in [-0.1, -0.05) is 18.2 Å². The van der Waals surface area contributed by atoms with Crippen LogP contribution in [0.2, 0.25) is 0 Å². The van der Waals surface area contributed by atoms with Crippen LogP contribution < -0.4 is 14.5 Å². The first-order valence-electron chi connectivity index (χ1n) is 12.2. The Morgan fingerprint density at radius 2 is 2.00 bits per heavy atom. The molecule has 12 nitrogen and oxygen atoms in total. The number of ether oxygens (including phenoxy) is 2. The number of aromatic nitrogens is 4. The number of aryl methyl sites for hydroxylation is 1. The summed E-state index contributed by atoms with van der Waals surface area (Å²) < 4.78 is 55.2. The Labute approximate surface area is 234 Å². The van der Waals surface area contributed by atoms with Gasteiger partial charge >= 0.3 is 12.6 Å². The minimum atomic E-state index is -3.69. The standard InChI is InChI=1S/C24H31F2N6O6PS/c1-14(20(33)35-6)30-39(40,38-16-10-8-7-9-11-16)36-12-24(26)21(34)23(3,25)22(37-24)32-13-27-17-18(31(4)5)28-15(2)29-19(17)32/h7-11,13-14,21-22,34H,12H2,1-6H3,(H,30,40)/t14-,21+,22-,23-,24-,39?/m1/s1. The monoisotopic (exact) mass is 600 g/mol. The van der Waals surface area contributed by atoms with E-state index >= 15 is 8.78 Å². The number of para-hydroxylation sites is 1. The lowest BCUT2D eigenvalue weighted by Gasteiger charge is -2.30. The molecule has 1 aromatic carbocycles. The number of alkyl halides is 2. The predicted molar refractivity (Wildman–Crippen MR) is 146 cm³/mol. The molecule has 1 aliphatic rings. The average Bonchev–Trinajstić information content (AvgIpc) is 3.39. The zero-order valence-electron chi connectivity index (χ0n) is 22.7. The van der Waals surface area contributed by atoms with E-state index in [1.807, 2.05) is 0 Å². The van der Waals surface area contributed by atoms with Gasteiger partial charge in [0, 0.05) is 14.1 Å². The van der Waals surface area contributed by atoms with Crippen molar-refractivity contribution in [1.29, 1.82) is 0 Å². The number of hydrogen-bond acceptors (Lipinski definition) is 11. The van der Waals surface area contributed by atoms with Gasteiger partial charge in [-0.3, -0.25) is 9.36 Å². The van der Waals surface area contributed by atoms with E-state index in [1.54, 1.807) is 56.3 Å². The molecule has 2 aromatic heterocycles. The number of halogens is 2. The molecule has 0 amide bonds. The fraction of sp³-hybridized carbons (Fsp3) is 0.500. The fourth-order valence-electron chi connectivity index (χ4n) is 4.20. The van der Waals surface area contributed by atoms with Gasteiger partial charge in [0.15, 0.2) is 35.0 Å². The van der Waals surface area contributed by atoms with Gasteiger partial charge in [-0.15, -0.1) is 0 Å². The maximum atomic E-state index is 16.2. The van der Waals surface area contributed by atoms with E-state index in [0.717, 1.165) is 6.92 Å². The summed E-state index contributed by atoms with van der Waals surface area (Å²) in [5.41, 5.74) is -2.13. The number of aliphatic hydroxyl groups is 1. The molecule has 40 heavy (non-hydrogen) atoms. The summed E-state index contributed by atoms with van der Waals surface area (Å²) >= 11 is 5.55. The van der Waals surface area contributed by atoms with Crippen molar-refractivity contribution in [3.05, 3.63) is 42.5 Å². The number of carbonyl (C=O) groups excluding carboxylic acids is 1. The zero-order chi connectivity index (χ0) is 29.5. The molecule has 1 fully saturated rings. The summed E-state index contributed by atoms with van der Waals surface area (Å²) in [5.74, 6) is -2.62. The minimum Gasteiger partial charge on any atom is -0.468 e. The SMILES string of the molecule is COC(=O)[C@@H](C)NP(=S)(OC[C@@]1(F)O[C@@H](n2cnc3c(N(C)C)nc(C)nc32)[C@](C)(F)[C@@H]1O)Oc1ccccc1. The van der Waals surface area contributed by atoms with Crippen LogP contribution in [0.25, 0.3) is 11.2 Å². The van der Waals surface area contributed by atoms with E-state index in [0.29, 0.717) is 17.2 Å². The molecule has 1 saturated heterocycles. The van der Waals surface area contributed by atoms with Crippen molar-refractivity contribution in [1.82, 2.24) is 24.6 Å². The molecular formula is C24H31F2N6O6PS. The Balaban J connectivity index is 1.64. The van der Waals surface area contributed by atoms with Gasteiger partial charge in [0.05, 0.1) is 13.4 Å². The number of nitrogens with zero attached hydrogens (tertiary/aromatic N) is 5. The van der Waals surface area contributed by atoms with Crippen LogP contribution >= 0.6 is 6.64 Å². The van der Waals surface area contributed by atoms with Crippen LogP contribution in [-0.4, -0.2) is 82.1 Å². The Bertz CT molecular complexity index is 1430. The second kappa shape index (κ2) is 11.2. The van der Waals surface area contributed by atoms with Crippen LogP contribution in [0, 0.1) is 6.92 Å². The van der Waals surface area contributed by atoms with Gasteiger partial charge < -0.3 is 28.5 Å². The van der Waals surface area contributed by atoms with E-state index in [2.05, 4.69) is 20.0 Å². The zero-order valence-corrected chi connectivity index (χ0v) is 24.5. The number of esters is 1. The van der Waals surface area contributed by atoms with Crippen molar-refractivity contribution in [2.45, 2.75) is 50.7 Å². The molecule has 1 aliphatic heterocycles. The highest BCUT2D eigenvalue weighted by molar-refractivity contribution is 8.09. The second-order valence-corrected chi connectivity index (χ2v) is 12.8. The van der Waals surface area contributed by atoms with Crippen molar-refractivity contribution in [2.24, 2.45) is 0 Å². The third-order valence-electron chi connectivity index (χ3n) is 6.23. The lowest BCUT2D eigenvalue weighted by Crippen LogP contribution is -2.47. The molecule has 16 heteroatoms. The van der Waals surface area contributed by atoms with Crippen LogP contribution in [0.5, 0.6) is 5.75 Å². The van der Waals surface area contributed by atoms with E-state index in [1.165, 1.54) is 24.9 Å². The Morgan fingerprint density at radius 1 is 1.32 bits per heavy atom. The summed E-state index contributed by atoms with van der Waals surface area (Å²) in [5, 5.41) is 13.6. The lowest BCUT2D eigenvalue weighted by atomic mass is 9.97. The number of nitrogens with one attached hydrogen (secondary N) is 1. The van der Waals surface area contributed by atoms with Crippen LogP contribution in [0.15, 0.2) is 36.7 Å². The fourth-order valence-corrected chi connectivity index (χ4v) is 6.60. The summed E-state index contributed by atoms with van der Waals surface area (Å²) in [6.45, 7) is -0.601. The molecule has 2 N–H and O–H groups in total. The van der Waals surface area contributed by atoms with Crippen molar-refractivity contribution in [3.63, 3.8) is 0 Å². The highest BCUT2D eigenvalue weighted by Gasteiger charge is 2.65. The molecule has 0 aliphatic carbocycles. The maximum absolute atomic E-state index is 16.2. The molecule has 218 valence electrons. The van der Waals surface area contributed by atoms with Gasteiger partial charge in [0.25, 0.3) is 5.85 Å². The summed E-state index contributed by atoms with van der Waals surface area (Å²) in [6.07, 6.45) is -2.74. The number of rotatable bonds is 10. The predicted octanol–water partition coefficient (Wildman–Crippen LogP) is 2.96. The van der Waals surface area contributed by atoms with Crippen molar-refractivity contribution < 1.29 is 37.2 Å². The Kier molecular flexibility index (Phi) is 8.46. The number of anilines is 1. The number of aliphatic hydroxyl groups excluding tert-OH is 1. The number of imidazole rings is 1. The largest absolute Gasteiger partial charge is 0.468 e. The molecule has 0 saturated carbocycles. The van der Waals surface area contributed by atoms with Gasteiger partial charge in [0.1, 0.15) is 24.2 Å². The Morgan fingerprint density at radius 3 is 2.62 bits per heavy atom. The highest BCUT2D eigenvalue weighted by atomic mass is 32.5. The summed E-state index contributed by atoms with van der Waals surface area (Å²) in [4.78, 5) is 26.7. The number of fused-ring (bicyclic) bond motifs is 1. The number of benzene rings is 1. The third kappa shape index (κ3) is 5.80. The van der Waals surface area contributed by atoms with E-state index < -0.39 is 49.1 Å². The normalized spacial score (nSPS) is 26.8. The van der Waals surface area contributed by atoms with Gasteiger partial charge in [-0.05, 0) is 44.7 Å². The van der Waals surface area contributed by atoms with Crippen LogP contribution in [-0.2, 0) is 30.6 Å². The minimum absolute atomic E-state index is 0.188. The molecule has 0 radical (unpaired) electrons. The highest BCUT2D eigenvalue weighted by Crippen LogP contribution is 2.52. The molecule has 1 unspecified atom stereocenters. The van der Waals surface area contributed by atoms with Crippen molar-refractivity contribution in [2.75, 3.05) is 32.7 Å². The van der Waals surface area contributed by atoms with Crippen LogP contribution in [0.3, 0.4) is 0 Å². The summed E-state index contributed by atoms with van der Waals surface area (Å²) in [6, 6.07) is 7.30. The molecule has 0 spiro atoms. The molecule has 4 rings (SSSR count). The quantitative estimate of drug-likeness (QED) is 0.262. The number of methoxy groups -OCH3 is 1. The number of hydrogen-bond donors (Lipinski definition) is 2. The van der Waals surface area contributed by atoms with Crippen molar-refractivity contribution in [3.8, 4) is 5.75 Å². The smallest absolute Gasteiger partial charge is 0.323 e. The topological polar surface area (TPSA) is 133 Å². The Hall–Kier alpha value is -2.81. The van der Waals surface area contributed by atoms with E-state index in [4.69, 9.17) is 30.3 Å². The van der Waals surface area contributed by atoms with Crippen molar-refractivity contribution >= 4 is 41.4 Å². The maximum Gasteiger partial charge on any atom is 0.323 e. The third-order valence-corrected chi connectivity index (χ3v) is 8.71. The first-order valence-corrected chi connectivity index (χ1v) is 14.8. The molecular weight excluding hydrogens is 569 g/mol. The first kappa shape index (κ1) is 30.2. The first-order chi connectivity index (χ1) is 18.7. The van der Waals surface area contributed by atoms with Gasteiger partial charge in [0.2, 0.25) is 0 Å². The second-order valence-electron chi connectivity index (χ2n) is 9.67. The average molecular weight is 601 g/mol. The molecule has 3 heterocycles. The van der Waals surface area contributed by atoms with Gasteiger partial charge in [-0.2, -0.15) is 0 Å². The van der Waals surface area contributed by atoms with Gasteiger partial charge in [-0.25, -0.2) is 28.8 Å². The van der Waals surface area contributed by atoms with Crippen LogP contribution in [0.1, 0.15) is 25.9 Å². The lowest BCUT2D eigenvalue weighted by molar-refractivity contribution is -0.202. The summed E-state index contributed by atoms with van der Waals surface area (Å²) in [7, 11) is 4.71. The molecule has 3 aromatic rings. The molecule has 6 atom stereocenters.